The largest absolute Gasteiger partial charge is 0.356 e. The van der Waals surface area contributed by atoms with Gasteiger partial charge in [-0.3, -0.25) is 0 Å². The summed E-state index contributed by atoms with van der Waals surface area (Å²) in [5.74, 6) is 0. The second kappa shape index (κ2) is 5.49. The Balaban J connectivity index is 1.46. The van der Waals surface area contributed by atoms with Gasteiger partial charge < -0.3 is 4.52 Å². The predicted molar refractivity (Wildman–Crippen MR) is 106 cm³/mol. The minimum atomic E-state index is 0.786. The van der Waals surface area contributed by atoms with Crippen LogP contribution in [0.1, 0.15) is 0 Å². The Kier molecular flexibility index (Phi) is 2.98. The van der Waals surface area contributed by atoms with E-state index in [-0.39, 0.29) is 0 Å². The normalized spacial score (nSPS) is 11.7. The number of hydrogen-bond donors (Lipinski definition) is 1. The quantitative estimate of drug-likeness (QED) is 0.443. The van der Waals surface area contributed by atoms with Gasteiger partial charge in [-0.05, 0) is 30.3 Å². The lowest BCUT2D eigenvalue weighted by molar-refractivity contribution is -0.652. The van der Waals surface area contributed by atoms with Gasteiger partial charge in [0.05, 0.1) is 21.8 Å². The Morgan fingerprint density at radius 2 is 1.93 bits per heavy atom. The topological polar surface area (TPSA) is 58.6 Å². The lowest BCUT2D eigenvalue weighted by Crippen LogP contribution is -2.31. The van der Waals surface area contributed by atoms with Crippen LogP contribution in [-0.2, 0) is 0 Å². The SMILES string of the molecule is c1ccc2sc(-c3ccc4c[n+](-c5ccc6oncc6c5)[nH]c4c3)nc2c1. The van der Waals surface area contributed by atoms with E-state index in [4.69, 9.17) is 9.51 Å². The zero-order valence-electron chi connectivity index (χ0n) is 14.1. The number of para-hydroxylation sites is 1. The maximum Gasteiger partial charge on any atom is 0.236 e. The van der Waals surface area contributed by atoms with Gasteiger partial charge in [0.1, 0.15) is 10.5 Å². The number of H-pyrrole nitrogens is 1. The Labute approximate surface area is 157 Å². The highest BCUT2D eigenvalue weighted by Gasteiger charge is 2.14. The molecular formula is C21H13N4OS+. The van der Waals surface area contributed by atoms with E-state index >= 15 is 0 Å². The molecule has 0 unspecified atom stereocenters. The van der Waals surface area contributed by atoms with Gasteiger partial charge in [-0.25, -0.2) is 4.98 Å². The summed E-state index contributed by atoms with van der Waals surface area (Å²) in [5.41, 5.74) is 5.04. The highest BCUT2D eigenvalue weighted by atomic mass is 32.1. The second-order valence-corrected chi connectivity index (χ2v) is 7.48. The average molecular weight is 369 g/mol. The van der Waals surface area contributed by atoms with Crippen LogP contribution in [-0.4, -0.2) is 15.2 Å². The molecule has 3 heterocycles. The van der Waals surface area contributed by atoms with E-state index in [0.29, 0.717) is 0 Å². The first kappa shape index (κ1) is 14.6. The van der Waals surface area contributed by atoms with Crippen molar-refractivity contribution in [3.05, 3.63) is 73.1 Å². The molecule has 0 fully saturated rings. The zero-order chi connectivity index (χ0) is 17.8. The average Bonchev–Trinajstić information content (AvgIpc) is 3.42. The van der Waals surface area contributed by atoms with Crippen molar-refractivity contribution >= 4 is 43.4 Å². The third-order valence-corrected chi connectivity index (χ3v) is 5.80. The van der Waals surface area contributed by atoms with Crippen molar-refractivity contribution in [2.24, 2.45) is 0 Å². The van der Waals surface area contributed by atoms with Crippen molar-refractivity contribution in [3.8, 4) is 16.3 Å². The fraction of sp³-hybridized carbons (Fsp3) is 0. The van der Waals surface area contributed by atoms with Crippen molar-refractivity contribution in [1.82, 2.24) is 15.2 Å². The van der Waals surface area contributed by atoms with Gasteiger partial charge in [0.15, 0.2) is 5.58 Å². The van der Waals surface area contributed by atoms with Crippen LogP contribution in [0.2, 0.25) is 0 Å². The molecule has 0 atom stereocenters. The first-order valence-corrected chi connectivity index (χ1v) is 9.40. The van der Waals surface area contributed by atoms with Gasteiger partial charge in [0, 0.05) is 23.1 Å². The van der Waals surface area contributed by atoms with Gasteiger partial charge in [0.2, 0.25) is 11.9 Å². The number of nitrogens with one attached hydrogen (secondary N) is 1. The van der Waals surface area contributed by atoms with E-state index in [2.05, 4.69) is 52.9 Å². The summed E-state index contributed by atoms with van der Waals surface area (Å²) >= 11 is 1.72. The fourth-order valence-corrected chi connectivity index (χ4v) is 4.31. The van der Waals surface area contributed by atoms with Crippen LogP contribution in [0.15, 0.2) is 77.6 Å². The zero-order valence-corrected chi connectivity index (χ0v) is 14.9. The molecule has 0 aliphatic carbocycles. The van der Waals surface area contributed by atoms with E-state index < -0.39 is 0 Å². The van der Waals surface area contributed by atoms with Crippen molar-refractivity contribution in [2.45, 2.75) is 0 Å². The van der Waals surface area contributed by atoms with Gasteiger partial charge in [-0.2, -0.15) is 5.10 Å². The summed E-state index contributed by atoms with van der Waals surface area (Å²) in [4.78, 5) is 4.76. The van der Waals surface area contributed by atoms with E-state index in [1.54, 1.807) is 17.5 Å². The first-order valence-electron chi connectivity index (χ1n) is 8.59. The molecule has 3 aromatic heterocycles. The third-order valence-electron chi connectivity index (χ3n) is 4.72. The lowest BCUT2D eigenvalue weighted by atomic mass is 10.2. The predicted octanol–water partition coefficient (Wildman–Crippen LogP) is 4.86. The smallest absolute Gasteiger partial charge is 0.236 e. The molecular weight excluding hydrogens is 356 g/mol. The summed E-state index contributed by atoms with van der Waals surface area (Å²) < 4.78 is 8.40. The molecule has 5 nitrogen and oxygen atoms in total. The van der Waals surface area contributed by atoms with Crippen molar-refractivity contribution in [2.75, 3.05) is 0 Å². The minimum Gasteiger partial charge on any atom is -0.356 e. The second-order valence-electron chi connectivity index (χ2n) is 6.45. The highest BCUT2D eigenvalue weighted by Crippen LogP contribution is 2.31. The monoisotopic (exact) mass is 369 g/mol. The minimum absolute atomic E-state index is 0.786. The van der Waals surface area contributed by atoms with Crippen LogP contribution in [0.3, 0.4) is 0 Å². The molecule has 128 valence electrons. The number of aromatic nitrogens is 4. The number of fused-ring (bicyclic) bond motifs is 3. The maximum atomic E-state index is 5.18. The lowest BCUT2D eigenvalue weighted by Gasteiger charge is -1.94. The number of aromatic amines is 1. The molecule has 6 rings (SSSR count). The first-order chi connectivity index (χ1) is 13.3. The van der Waals surface area contributed by atoms with Gasteiger partial charge in [0.25, 0.3) is 0 Å². The number of benzene rings is 3. The van der Waals surface area contributed by atoms with E-state index in [0.717, 1.165) is 43.6 Å². The molecule has 6 aromatic rings. The maximum absolute atomic E-state index is 5.18. The molecule has 1 N–H and O–H groups in total. The molecule has 0 radical (unpaired) electrons. The summed E-state index contributed by atoms with van der Waals surface area (Å²) in [7, 11) is 0. The van der Waals surface area contributed by atoms with Crippen molar-refractivity contribution in [3.63, 3.8) is 0 Å². The molecule has 0 aliphatic rings. The van der Waals surface area contributed by atoms with Crippen molar-refractivity contribution in [1.29, 1.82) is 0 Å². The van der Waals surface area contributed by atoms with E-state index in [9.17, 15) is 0 Å². The standard InChI is InChI=1S/C21H12N4OS/c1-2-4-20-17(3-1)23-21(27-20)13-5-6-14-12-25(24-18(14)10-13)16-7-8-19-15(9-16)11-22-26-19/h1-12H/p+1. The number of nitrogens with zero attached hydrogens (tertiary/aromatic N) is 3. The van der Waals surface area contributed by atoms with Crippen LogP contribution in [0, 0.1) is 0 Å². The summed E-state index contributed by atoms with van der Waals surface area (Å²) in [6, 6.07) is 20.6. The van der Waals surface area contributed by atoms with E-state index in [1.165, 1.54) is 4.70 Å². The molecule has 0 saturated carbocycles. The fourth-order valence-electron chi connectivity index (χ4n) is 3.34. The third kappa shape index (κ3) is 2.34. The van der Waals surface area contributed by atoms with Gasteiger partial charge >= 0.3 is 0 Å². The Morgan fingerprint density at radius 3 is 2.89 bits per heavy atom. The Bertz CT molecular complexity index is 1410. The van der Waals surface area contributed by atoms with Crippen LogP contribution in [0.5, 0.6) is 0 Å². The molecule has 0 bridgehead atoms. The van der Waals surface area contributed by atoms with Gasteiger partial charge in [-0.15, -0.1) is 11.3 Å². The van der Waals surface area contributed by atoms with Crippen LogP contribution >= 0.6 is 11.3 Å². The summed E-state index contributed by atoms with van der Waals surface area (Å²) in [6.07, 6.45) is 3.82. The summed E-state index contributed by atoms with van der Waals surface area (Å²) in [6.45, 7) is 0. The van der Waals surface area contributed by atoms with Crippen LogP contribution in [0.4, 0.5) is 0 Å². The number of rotatable bonds is 2. The van der Waals surface area contributed by atoms with E-state index in [1.807, 2.05) is 28.9 Å². The summed E-state index contributed by atoms with van der Waals surface area (Å²) in [5, 5.41) is 10.5. The molecule has 3 aromatic carbocycles. The van der Waals surface area contributed by atoms with Crippen molar-refractivity contribution < 1.29 is 9.20 Å². The van der Waals surface area contributed by atoms with Crippen LogP contribution < -0.4 is 4.68 Å². The molecule has 0 saturated heterocycles. The molecule has 0 amide bonds. The van der Waals surface area contributed by atoms with Crippen LogP contribution in [0.25, 0.3) is 48.3 Å². The van der Waals surface area contributed by atoms with Gasteiger partial charge in [-0.1, -0.05) is 28.0 Å². The molecule has 27 heavy (non-hydrogen) atoms. The molecule has 0 aliphatic heterocycles. The highest BCUT2D eigenvalue weighted by molar-refractivity contribution is 7.21. The Morgan fingerprint density at radius 1 is 0.963 bits per heavy atom. The molecule has 6 heteroatoms. The number of hydrogen-bond acceptors (Lipinski definition) is 4. The molecule has 0 spiro atoms. The number of thiazole rings is 1. The Hall–Kier alpha value is -3.51.